The second-order valence-corrected chi connectivity index (χ2v) is 10.7. The van der Waals surface area contributed by atoms with Gasteiger partial charge in [0.05, 0.1) is 12.1 Å². The summed E-state index contributed by atoms with van der Waals surface area (Å²) in [5.74, 6) is 0.736. The third-order valence-electron chi connectivity index (χ3n) is 5.39. The maximum absolute atomic E-state index is 13.6. The smallest absolute Gasteiger partial charge is 0.244 e. The van der Waals surface area contributed by atoms with E-state index >= 15 is 0 Å². The quantitative estimate of drug-likeness (QED) is 0.284. The number of H-pyrrole nitrogens is 1. The molecule has 5 nitrogen and oxygen atoms in total. The van der Waals surface area contributed by atoms with E-state index in [2.05, 4.69) is 4.98 Å². The molecule has 0 aliphatic rings. The van der Waals surface area contributed by atoms with E-state index in [1.54, 1.807) is 37.4 Å². The number of halogens is 3. The lowest BCUT2D eigenvalue weighted by molar-refractivity contribution is 0.409. The van der Waals surface area contributed by atoms with Crippen molar-refractivity contribution in [2.24, 2.45) is 0 Å². The van der Waals surface area contributed by atoms with Crippen LogP contribution in [0.1, 0.15) is 11.1 Å². The fraction of sp³-hybridized carbons (Fsp3) is 0.167. The Bertz CT molecular complexity index is 1390. The van der Waals surface area contributed by atoms with Crippen molar-refractivity contribution in [3.63, 3.8) is 0 Å². The summed E-state index contributed by atoms with van der Waals surface area (Å²) < 4.78 is 34.0. The first kappa shape index (κ1) is 23.9. The second kappa shape index (κ2) is 9.95. The Labute approximate surface area is 207 Å². The molecule has 0 unspecified atom stereocenters. The number of methoxy groups -OCH3 is 1. The molecule has 0 atom stereocenters. The van der Waals surface area contributed by atoms with Gasteiger partial charge in [0.15, 0.2) is 0 Å². The highest BCUT2D eigenvalue weighted by Gasteiger charge is 2.27. The Balaban J connectivity index is 1.68. The fourth-order valence-electron chi connectivity index (χ4n) is 3.63. The maximum Gasteiger partial charge on any atom is 0.244 e. The molecule has 0 aliphatic carbocycles. The van der Waals surface area contributed by atoms with Crippen LogP contribution in [0.4, 0.5) is 0 Å². The second-order valence-electron chi connectivity index (χ2n) is 7.52. The van der Waals surface area contributed by atoms with Gasteiger partial charge in [0.1, 0.15) is 10.6 Å². The topological polar surface area (TPSA) is 62.4 Å². The minimum absolute atomic E-state index is 0.0220. The van der Waals surface area contributed by atoms with E-state index in [9.17, 15) is 8.42 Å². The number of aromatic amines is 1. The summed E-state index contributed by atoms with van der Waals surface area (Å²) in [4.78, 5) is 3.21. The summed E-state index contributed by atoms with van der Waals surface area (Å²) in [5.41, 5.74) is 2.75. The van der Waals surface area contributed by atoms with Crippen LogP contribution in [0.3, 0.4) is 0 Å². The predicted octanol–water partition coefficient (Wildman–Crippen LogP) is 6.57. The molecule has 0 saturated carbocycles. The van der Waals surface area contributed by atoms with Gasteiger partial charge in [0.25, 0.3) is 0 Å². The molecule has 172 valence electrons. The van der Waals surface area contributed by atoms with Crippen LogP contribution in [0.5, 0.6) is 5.75 Å². The third kappa shape index (κ3) is 5.31. The van der Waals surface area contributed by atoms with E-state index in [-0.39, 0.29) is 23.0 Å². The number of fused-ring (bicyclic) bond motifs is 1. The zero-order chi connectivity index (χ0) is 23.6. The number of nitrogens with one attached hydrogen (secondary N) is 1. The van der Waals surface area contributed by atoms with Crippen LogP contribution in [0.15, 0.2) is 71.8 Å². The van der Waals surface area contributed by atoms with E-state index in [1.807, 2.05) is 24.4 Å². The number of benzene rings is 3. The van der Waals surface area contributed by atoms with E-state index in [0.29, 0.717) is 16.5 Å². The molecule has 3 aromatic carbocycles. The Morgan fingerprint density at radius 3 is 2.39 bits per heavy atom. The van der Waals surface area contributed by atoms with Crippen molar-refractivity contribution >= 4 is 55.7 Å². The zero-order valence-electron chi connectivity index (χ0n) is 17.7. The highest BCUT2D eigenvalue weighted by atomic mass is 35.5. The number of hydrogen-bond donors (Lipinski definition) is 1. The van der Waals surface area contributed by atoms with Crippen molar-refractivity contribution < 1.29 is 13.2 Å². The lowest BCUT2D eigenvalue weighted by atomic mass is 10.1. The largest absolute Gasteiger partial charge is 0.497 e. The van der Waals surface area contributed by atoms with Crippen LogP contribution in [-0.4, -0.2) is 31.4 Å². The van der Waals surface area contributed by atoms with E-state index in [4.69, 9.17) is 39.5 Å². The molecule has 4 rings (SSSR count). The van der Waals surface area contributed by atoms with Crippen LogP contribution in [0.25, 0.3) is 10.9 Å². The van der Waals surface area contributed by atoms with Gasteiger partial charge in [-0.1, -0.05) is 46.9 Å². The minimum atomic E-state index is -3.93. The molecular weight excluding hydrogens is 503 g/mol. The highest BCUT2D eigenvalue weighted by molar-refractivity contribution is 7.89. The average Bonchev–Trinajstić information content (AvgIpc) is 3.21. The van der Waals surface area contributed by atoms with Gasteiger partial charge in [-0.2, -0.15) is 4.31 Å². The van der Waals surface area contributed by atoms with Crippen molar-refractivity contribution in [3.05, 3.63) is 93.1 Å². The third-order valence-corrected chi connectivity index (χ3v) is 8.20. The number of aromatic nitrogens is 1. The molecule has 1 N–H and O–H groups in total. The molecule has 1 aromatic heterocycles. The molecule has 1 heterocycles. The van der Waals surface area contributed by atoms with Crippen molar-refractivity contribution in [2.75, 3.05) is 13.7 Å². The summed E-state index contributed by atoms with van der Waals surface area (Å²) >= 11 is 18.3. The summed E-state index contributed by atoms with van der Waals surface area (Å²) in [7, 11) is -2.32. The number of nitrogens with zero attached hydrogens (tertiary/aromatic N) is 1. The van der Waals surface area contributed by atoms with Crippen LogP contribution in [-0.2, 0) is 23.0 Å². The lowest BCUT2D eigenvalue weighted by Gasteiger charge is -2.23. The first-order valence-electron chi connectivity index (χ1n) is 10.1. The fourth-order valence-corrected chi connectivity index (χ4v) is 5.92. The van der Waals surface area contributed by atoms with Crippen molar-refractivity contribution in [1.29, 1.82) is 0 Å². The van der Waals surface area contributed by atoms with Gasteiger partial charge >= 0.3 is 0 Å². The predicted molar refractivity (Wildman–Crippen MR) is 134 cm³/mol. The Hall–Kier alpha value is -2.22. The molecule has 0 radical (unpaired) electrons. The summed E-state index contributed by atoms with van der Waals surface area (Å²) in [6.07, 6.45) is 2.38. The number of sulfonamides is 1. The minimum Gasteiger partial charge on any atom is -0.497 e. The monoisotopic (exact) mass is 522 g/mol. The molecule has 0 fully saturated rings. The van der Waals surface area contributed by atoms with Gasteiger partial charge in [-0.3, -0.25) is 0 Å². The number of hydrogen-bond acceptors (Lipinski definition) is 3. The molecule has 0 bridgehead atoms. The molecule has 0 spiro atoms. The first-order chi connectivity index (χ1) is 15.8. The van der Waals surface area contributed by atoms with E-state index in [0.717, 1.165) is 27.8 Å². The van der Waals surface area contributed by atoms with Crippen LogP contribution < -0.4 is 4.74 Å². The van der Waals surface area contributed by atoms with Crippen LogP contribution >= 0.6 is 34.8 Å². The van der Waals surface area contributed by atoms with Crippen LogP contribution in [0.2, 0.25) is 15.1 Å². The number of rotatable bonds is 8. The normalized spacial score (nSPS) is 11.9. The van der Waals surface area contributed by atoms with Gasteiger partial charge in [-0.25, -0.2) is 8.42 Å². The van der Waals surface area contributed by atoms with Crippen molar-refractivity contribution in [2.45, 2.75) is 17.9 Å². The average molecular weight is 524 g/mol. The van der Waals surface area contributed by atoms with Gasteiger partial charge in [0.2, 0.25) is 10.0 Å². The summed E-state index contributed by atoms with van der Waals surface area (Å²) in [5, 5.41) is 1.99. The Kier molecular flexibility index (Phi) is 7.22. The molecule has 0 aliphatic heterocycles. The van der Waals surface area contributed by atoms with E-state index < -0.39 is 10.0 Å². The standard InChI is InChI=1S/C24H21Cl3N2O3S/c1-32-20-7-9-23-21(13-20)17(14-28-23)10-11-29(15-16-2-4-18(25)5-3-16)33(30,31)24-12-19(26)6-8-22(24)27/h2-9,12-14,28H,10-11,15H2,1H3. The Morgan fingerprint density at radius 1 is 0.939 bits per heavy atom. The van der Waals surface area contributed by atoms with Crippen molar-refractivity contribution in [1.82, 2.24) is 9.29 Å². The zero-order valence-corrected chi connectivity index (χ0v) is 20.8. The summed E-state index contributed by atoms with van der Waals surface area (Å²) in [6.45, 7) is 0.395. The lowest BCUT2D eigenvalue weighted by Crippen LogP contribution is -2.32. The number of ether oxygens (including phenoxy) is 1. The highest BCUT2D eigenvalue weighted by Crippen LogP contribution is 2.30. The van der Waals surface area contributed by atoms with E-state index in [1.165, 1.54) is 16.4 Å². The molecule has 0 amide bonds. The van der Waals surface area contributed by atoms with Gasteiger partial charge in [-0.05, 0) is 66.1 Å². The molecular formula is C24H21Cl3N2O3S. The maximum atomic E-state index is 13.6. The van der Waals surface area contributed by atoms with Gasteiger partial charge in [-0.15, -0.1) is 0 Å². The molecule has 33 heavy (non-hydrogen) atoms. The first-order valence-corrected chi connectivity index (χ1v) is 12.7. The summed E-state index contributed by atoms with van der Waals surface area (Å²) in [6, 6.07) is 17.3. The SMILES string of the molecule is COc1ccc2[nH]cc(CCN(Cc3ccc(Cl)cc3)S(=O)(=O)c3cc(Cl)ccc3Cl)c2c1. The van der Waals surface area contributed by atoms with Crippen LogP contribution in [0, 0.1) is 0 Å². The Morgan fingerprint density at radius 2 is 1.67 bits per heavy atom. The van der Waals surface area contributed by atoms with Crippen molar-refractivity contribution in [3.8, 4) is 5.75 Å². The molecule has 4 aromatic rings. The molecule has 9 heteroatoms. The van der Waals surface area contributed by atoms with Gasteiger partial charge in [0, 0.05) is 40.2 Å². The molecule has 0 saturated heterocycles. The van der Waals surface area contributed by atoms with Gasteiger partial charge < -0.3 is 9.72 Å².